The number of nitrogens with one attached hydrogen (secondary N) is 2. The summed E-state index contributed by atoms with van der Waals surface area (Å²) in [6.45, 7) is 6.32. The van der Waals surface area contributed by atoms with Crippen LogP contribution in [-0.4, -0.2) is 46.6 Å². The summed E-state index contributed by atoms with van der Waals surface area (Å²) in [5, 5.41) is 18.2. The molecule has 1 aromatic rings. The van der Waals surface area contributed by atoms with Crippen molar-refractivity contribution in [3.05, 3.63) is 12.4 Å². The average molecular weight is 298 g/mol. The molecule has 3 N–H and O–H groups in total. The lowest BCUT2D eigenvalue weighted by Crippen LogP contribution is -2.50. The van der Waals surface area contributed by atoms with E-state index in [4.69, 9.17) is 9.84 Å². The van der Waals surface area contributed by atoms with Crippen LogP contribution in [0.2, 0.25) is 0 Å². The van der Waals surface area contributed by atoms with E-state index in [0.29, 0.717) is 18.8 Å². The fraction of sp³-hybridized carbons (Fsp3) is 0.615. The van der Waals surface area contributed by atoms with Crippen LogP contribution in [0.25, 0.3) is 0 Å². The van der Waals surface area contributed by atoms with Gasteiger partial charge in [-0.2, -0.15) is 5.10 Å². The molecule has 1 rings (SSSR count). The molecule has 1 aromatic heterocycles. The monoisotopic (exact) mass is 298 g/mol. The highest BCUT2D eigenvalue weighted by molar-refractivity contribution is 5.92. The molecule has 0 fully saturated rings. The number of urea groups is 1. The number of aromatic nitrogens is 2. The summed E-state index contributed by atoms with van der Waals surface area (Å²) in [7, 11) is 1.59. The number of amides is 2. The molecule has 0 saturated heterocycles. The Bertz CT molecular complexity index is 493. The van der Waals surface area contributed by atoms with Crippen molar-refractivity contribution in [2.45, 2.75) is 33.4 Å². The van der Waals surface area contributed by atoms with Crippen molar-refractivity contribution < 1.29 is 19.4 Å². The molecule has 0 spiro atoms. The molecule has 0 aromatic carbocycles. The minimum Gasteiger partial charge on any atom is -0.480 e. The summed E-state index contributed by atoms with van der Waals surface area (Å²) in [5.41, 5.74) is -0.104. The maximum atomic E-state index is 11.9. The summed E-state index contributed by atoms with van der Waals surface area (Å²) in [6.07, 6.45) is 3.13. The molecule has 1 heterocycles. The number of aliphatic carboxylic acids is 1. The van der Waals surface area contributed by atoms with Crippen molar-refractivity contribution in [1.29, 1.82) is 0 Å². The number of rotatable bonds is 6. The van der Waals surface area contributed by atoms with Crippen LogP contribution in [0.15, 0.2) is 12.4 Å². The molecule has 0 unspecified atom stereocenters. The van der Waals surface area contributed by atoms with E-state index < -0.39 is 23.5 Å². The van der Waals surface area contributed by atoms with Gasteiger partial charge < -0.3 is 20.5 Å². The van der Waals surface area contributed by atoms with Crippen LogP contribution in [-0.2, 0) is 16.1 Å². The molecule has 21 heavy (non-hydrogen) atoms. The maximum Gasteiger partial charge on any atom is 0.326 e. The van der Waals surface area contributed by atoms with Gasteiger partial charge in [-0.1, -0.05) is 20.8 Å². The predicted molar refractivity (Wildman–Crippen MR) is 77.1 cm³/mol. The molecule has 0 aliphatic rings. The van der Waals surface area contributed by atoms with Gasteiger partial charge in [0.15, 0.2) is 0 Å². The lowest BCUT2D eigenvalue weighted by atomic mass is 9.87. The van der Waals surface area contributed by atoms with Crippen molar-refractivity contribution in [2.75, 3.05) is 19.0 Å². The zero-order chi connectivity index (χ0) is 16.0. The first-order chi connectivity index (χ1) is 9.74. The number of carbonyl (C=O) groups is 2. The molecule has 8 nitrogen and oxygen atoms in total. The van der Waals surface area contributed by atoms with Crippen molar-refractivity contribution in [3.8, 4) is 0 Å². The molecule has 0 aliphatic carbocycles. The average Bonchev–Trinajstić information content (AvgIpc) is 2.79. The highest BCUT2D eigenvalue weighted by atomic mass is 16.5. The Kier molecular flexibility index (Phi) is 5.71. The largest absolute Gasteiger partial charge is 0.480 e. The van der Waals surface area contributed by atoms with Crippen molar-refractivity contribution in [3.63, 3.8) is 0 Å². The second kappa shape index (κ2) is 7.07. The normalized spacial score (nSPS) is 12.8. The third-order valence-corrected chi connectivity index (χ3v) is 2.80. The van der Waals surface area contributed by atoms with Gasteiger partial charge in [0.1, 0.15) is 6.04 Å². The number of anilines is 1. The number of carboxylic acid groups (broad SMARTS) is 1. The lowest BCUT2D eigenvalue weighted by molar-refractivity contribution is -0.141. The van der Waals surface area contributed by atoms with Gasteiger partial charge in [0.25, 0.3) is 0 Å². The maximum absolute atomic E-state index is 11.9. The number of methoxy groups -OCH3 is 1. The summed E-state index contributed by atoms with van der Waals surface area (Å²) < 4.78 is 6.55. The van der Waals surface area contributed by atoms with Gasteiger partial charge in [-0.05, 0) is 5.41 Å². The zero-order valence-electron chi connectivity index (χ0n) is 12.7. The summed E-state index contributed by atoms with van der Waals surface area (Å²) in [4.78, 5) is 23.0. The molecule has 0 radical (unpaired) electrons. The molecular formula is C13H22N4O4. The topological polar surface area (TPSA) is 105 Å². The van der Waals surface area contributed by atoms with Crippen LogP contribution in [0.4, 0.5) is 10.5 Å². The van der Waals surface area contributed by atoms with E-state index in [-0.39, 0.29) is 0 Å². The predicted octanol–water partition coefficient (Wildman–Crippen LogP) is 1.15. The molecule has 1 atom stereocenters. The van der Waals surface area contributed by atoms with E-state index in [1.807, 2.05) is 0 Å². The lowest BCUT2D eigenvalue weighted by Gasteiger charge is -2.27. The molecular weight excluding hydrogens is 276 g/mol. The second-order valence-corrected chi connectivity index (χ2v) is 5.72. The summed E-state index contributed by atoms with van der Waals surface area (Å²) >= 11 is 0. The molecule has 0 saturated carbocycles. The Morgan fingerprint density at radius 2 is 2.14 bits per heavy atom. The summed E-state index contributed by atoms with van der Waals surface area (Å²) in [6, 6.07) is -1.57. The Labute approximate surface area is 123 Å². The minimum absolute atomic E-state index is 0.488. The van der Waals surface area contributed by atoms with Gasteiger partial charge >= 0.3 is 12.0 Å². The number of hydrogen-bond acceptors (Lipinski definition) is 4. The van der Waals surface area contributed by atoms with E-state index in [2.05, 4.69) is 15.7 Å². The van der Waals surface area contributed by atoms with Gasteiger partial charge in [0.05, 0.1) is 25.0 Å². The van der Waals surface area contributed by atoms with Crippen molar-refractivity contribution >= 4 is 17.7 Å². The zero-order valence-corrected chi connectivity index (χ0v) is 12.7. The van der Waals surface area contributed by atoms with E-state index in [1.165, 1.54) is 6.20 Å². The van der Waals surface area contributed by atoms with E-state index in [9.17, 15) is 9.59 Å². The van der Waals surface area contributed by atoms with E-state index >= 15 is 0 Å². The van der Waals surface area contributed by atoms with Crippen LogP contribution in [0, 0.1) is 5.41 Å². The first-order valence-corrected chi connectivity index (χ1v) is 6.55. The third-order valence-electron chi connectivity index (χ3n) is 2.80. The Balaban J connectivity index is 2.60. The highest BCUT2D eigenvalue weighted by Gasteiger charge is 2.32. The van der Waals surface area contributed by atoms with Crippen LogP contribution in [0.5, 0.6) is 0 Å². The first-order valence-electron chi connectivity index (χ1n) is 6.55. The fourth-order valence-corrected chi connectivity index (χ4v) is 1.68. The number of carboxylic acids is 1. The molecule has 8 heteroatoms. The van der Waals surface area contributed by atoms with Gasteiger partial charge in [-0.25, -0.2) is 9.59 Å². The fourth-order valence-electron chi connectivity index (χ4n) is 1.68. The summed E-state index contributed by atoms with van der Waals surface area (Å²) in [5.74, 6) is -1.08. The van der Waals surface area contributed by atoms with Gasteiger partial charge in [0.2, 0.25) is 0 Å². The van der Waals surface area contributed by atoms with E-state index in [1.54, 1.807) is 38.8 Å². The molecule has 2 amide bonds. The quantitative estimate of drug-likeness (QED) is 0.730. The number of ether oxygens (including phenoxy) is 1. The Morgan fingerprint density at radius 1 is 1.48 bits per heavy atom. The smallest absolute Gasteiger partial charge is 0.326 e. The SMILES string of the molecule is COCCn1cc(NC(=O)N[C@@H](C(=O)O)C(C)(C)C)cn1. The van der Waals surface area contributed by atoms with Crippen molar-refractivity contribution in [2.24, 2.45) is 5.41 Å². The van der Waals surface area contributed by atoms with Crippen LogP contribution in [0.1, 0.15) is 20.8 Å². The standard InChI is InChI=1S/C13H22N4O4/c1-13(2,3)10(11(18)19)16-12(20)15-9-7-14-17(8-9)5-6-21-4/h7-8,10H,5-6H2,1-4H3,(H,18,19)(H2,15,16,20)/t10-/m0/s1. The highest BCUT2D eigenvalue weighted by Crippen LogP contribution is 2.19. The first kappa shape index (κ1) is 17.0. The second-order valence-electron chi connectivity index (χ2n) is 5.72. The van der Waals surface area contributed by atoms with Crippen molar-refractivity contribution in [1.82, 2.24) is 15.1 Å². The Morgan fingerprint density at radius 3 is 2.67 bits per heavy atom. The van der Waals surface area contributed by atoms with Gasteiger partial charge in [-0.3, -0.25) is 4.68 Å². The van der Waals surface area contributed by atoms with Gasteiger partial charge in [-0.15, -0.1) is 0 Å². The Hall–Kier alpha value is -2.09. The third kappa shape index (κ3) is 5.42. The van der Waals surface area contributed by atoms with Gasteiger partial charge in [0, 0.05) is 13.3 Å². The minimum atomic E-state index is -1.08. The van der Waals surface area contributed by atoms with Crippen LogP contribution >= 0.6 is 0 Å². The number of nitrogens with zero attached hydrogens (tertiary/aromatic N) is 2. The van der Waals surface area contributed by atoms with Crippen LogP contribution in [0.3, 0.4) is 0 Å². The molecule has 0 bridgehead atoms. The van der Waals surface area contributed by atoms with E-state index in [0.717, 1.165) is 0 Å². The number of carbonyl (C=O) groups excluding carboxylic acids is 1. The number of hydrogen-bond donors (Lipinski definition) is 3. The van der Waals surface area contributed by atoms with Crippen LogP contribution < -0.4 is 10.6 Å². The molecule has 0 aliphatic heterocycles. The molecule has 118 valence electrons.